The van der Waals surface area contributed by atoms with Gasteiger partial charge in [0.2, 0.25) is 0 Å². The normalized spacial score (nSPS) is 13.5. The van der Waals surface area contributed by atoms with Crippen LogP contribution in [0.3, 0.4) is 0 Å². The number of aromatic nitrogens is 2. The van der Waals surface area contributed by atoms with E-state index < -0.39 is 12.5 Å². The molecule has 0 aliphatic rings. The minimum Gasteiger partial charge on any atom is -0.381 e. The molecule has 0 aliphatic heterocycles. The molecule has 1 atom stereocenters. The predicted molar refractivity (Wildman–Crippen MR) is 31.8 cm³/mol. The Bertz CT molecular complexity index is 217. The highest BCUT2D eigenvalue weighted by molar-refractivity contribution is 5.02. The molecule has 0 spiro atoms. The van der Waals surface area contributed by atoms with E-state index in [1.807, 2.05) is 0 Å². The van der Waals surface area contributed by atoms with E-state index >= 15 is 0 Å². The van der Waals surface area contributed by atoms with Gasteiger partial charge in [-0.05, 0) is 12.1 Å². The van der Waals surface area contributed by atoms with Crippen molar-refractivity contribution in [3.63, 3.8) is 0 Å². The molecule has 0 saturated carbocycles. The smallest absolute Gasteiger partial charge is 0.269 e. The quantitative estimate of drug-likeness (QED) is 0.686. The average molecular weight is 159 g/mol. The van der Waals surface area contributed by atoms with E-state index in [0.29, 0.717) is 0 Å². The first kappa shape index (κ1) is 8.00. The average Bonchev–Trinajstić information content (AvgIpc) is 2.05. The van der Waals surface area contributed by atoms with Gasteiger partial charge in [-0.2, -0.15) is 5.10 Å². The van der Waals surface area contributed by atoms with Gasteiger partial charge >= 0.3 is 0 Å². The molecule has 0 aliphatic carbocycles. The number of alkyl halides is 2. The molecule has 1 unspecified atom stereocenters. The van der Waals surface area contributed by atoms with Crippen LogP contribution < -0.4 is 0 Å². The van der Waals surface area contributed by atoms with Gasteiger partial charge in [-0.25, -0.2) is 8.78 Å². The molecule has 11 heavy (non-hydrogen) atoms. The van der Waals surface area contributed by atoms with Crippen LogP contribution in [-0.4, -0.2) is 21.7 Å². The Morgan fingerprint density at radius 3 is 2.73 bits per heavy atom. The molecule has 1 radical (unpaired) electrons. The molecule has 59 valence electrons. The third-order valence-electron chi connectivity index (χ3n) is 1.09. The summed E-state index contributed by atoms with van der Waals surface area (Å²) in [5.74, 6) is 0. The van der Waals surface area contributed by atoms with Crippen LogP contribution in [0, 0.1) is 6.20 Å². The summed E-state index contributed by atoms with van der Waals surface area (Å²) >= 11 is 0. The number of rotatable bonds is 2. The minimum atomic E-state index is -2.83. The summed E-state index contributed by atoms with van der Waals surface area (Å²) in [4.78, 5) is 0. The summed E-state index contributed by atoms with van der Waals surface area (Å²) < 4.78 is 23.6. The minimum absolute atomic E-state index is 0.140. The third kappa shape index (κ3) is 1.91. The Morgan fingerprint density at radius 2 is 2.27 bits per heavy atom. The monoisotopic (exact) mass is 159 g/mol. The number of aliphatic hydroxyl groups excluding tert-OH is 1. The Labute approximate surface area is 61.7 Å². The van der Waals surface area contributed by atoms with E-state index in [4.69, 9.17) is 5.11 Å². The van der Waals surface area contributed by atoms with Crippen molar-refractivity contribution in [3.8, 4) is 0 Å². The van der Waals surface area contributed by atoms with Gasteiger partial charge in [0.15, 0.2) is 6.10 Å². The fourth-order valence-corrected chi connectivity index (χ4v) is 0.563. The van der Waals surface area contributed by atoms with Crippen molar-refractivity contribution in [1.29, 1.82) is 0 Å². The second-order valence-corrected chi connectivity index (χ2v) is 1.87. The van der Waals surface area contributed by atoms with Gasteiger partial charge in [-0.1, -0.05) is 0 Å². The first-order valence-corrected chi connectivity index (χ1v) is 2.87. The van der Waals surface area contributed by atoms with E-state index in [1.165, 1.54) is 12.1 Å². The lowest BCUT2D eigenvalue weighted by Crippen LogP contribution is -2.10. The molecule has 3 nitrogen and oxygen atoms in total. The van der Waals surface area contributed by atoms with Crippen LogP contribution in [0.4, 0.5) is 8.78 Å². The lowest BCUT2D eigenvalue weighted by molar-refractivity contribution is -0.00870. The van der Waals surface area contributed by atoms with Crippen LogP contribution in [-0.2, 0) is 0 Å². The lowest BCUT2D eigenvalue weighted by Gasteiger charge is -2.05. The van der Waals surface area contributed by atoms with Gasteiger partial charge in [0.1, 0.15) is 6.20 Å². The van der Waals surface area contributed by atoms with Crippen LogP contribution in [0.15, 0.2) is 12.1 Å². The first-order valence-electron chi connectivity index (χ1n) is 2.87. The largest absolute Gasteiger partial charge is 0.381 e. The van der Waals surface area contributed by atoms with Gasteiger partial charge in [0.05, 0.1) is 5.69 Å². The molecule has 1 rings (SSSR count). The summed E-state index contributed by atoms with van der Waals surface area (Å²) in [5.41, 5.74) is -0.140. The van der Waals surface area contributed by atoms with Crippen LogP contribution in [0.25, 0.3) is 0 Å². The molecule has 0 fully saturated rings. The van der Waals surface area contributed by atoms with Gasteiger partial charge in [0.25, 0.3) is 6.43 Å². The van der Waals surface area contributed by atoms with E-state index in [0.717, 1.165) is 0 Å². The number of hydrogen-bond acceptors (Lipinski definition) is 3. The maximum atomic E-state index is 11.8. The Hall–Kier alpha value is -1.10. The van der Waals surface area contributed by atoms with Crippen molar-refractivity contribution in [2.45, 2.75) is 12.5 Å². The van der Waals surface area contributed by atoms with Gasteiger partial charge in [-0.15, -0.1) is 5.10 Å². The summed E-state index contributed by atoms with van der Waals surface area (Å²) in [6.45, 7) is 0. The molecule has 1 N–H and O–H groups in total. The highest BCUT2D eigenvalue weighted by Gasteiger charge is 2.20. The number of aliphatic hydroxyl groups is 1. The van der Waals surface area contributed by atoms with Gasteiger partial charge < -0.3 is 5.11 Å². The van der Waals surface area contributed by atoms with Crippen molar-refractivity contribution in [2.75, 3.05) is 0 Å². The third-order valence-corrected chi connectivity index (χ3v) is 1.09. The maximum Gasteiger partial charge on any atom is 0.269 e. The van der Waals surface area contributed by atoms with Gasteiger partial charge in [-0.3, -0.25) is 0 Å². The molecule has 1 aromatic rings. The fraction of sp³-hybridized carbons (Fsp3) is 0.333. The second kappa shape index (κ2) is 3.34. The van der Waals surface area contributed by atoms with Crippen LogP contribution in [0.2, 0.25) is 0 Å². The lowest BCUT2D eigenvalue weighted by atomic mass is 10.2. The Balaban J connectivity index is 2.77. The molecule has 0 bridgehead atoms. The maximum absolute atomic E-state index is 11.8. The van der Waals surface area contributed by atoms with Crippen LogP contribution in [0.5, 0.6) is 0 Å². The summed E-state index contributed by atoms with van der Waals surface area (Å²) in [6.07, 6.45) is -2.37. The van der Waals surface area contributed by atoms with Crippen molar-refractivity contribution in [1.82, 2.24) is 10.2 Å². The number of hydrogen-bond donors (Lipinski definition) is 1. The topological polar surface area (TPSA) is 46.0 Å². The second-order valence-electron chi connectivity index (χ2n) is 1.87. The van der Waals surface area contributed by atoms with E-state index in [-0.39, 0.29) is 5.69 Å². The molecule has 1 heterocycles. The number of nitrogens with zero attached hydrogens (tertiary/aromatic N) is 2. The summed E-state index contributed by atoms with van der Waals surface area (Å²) in [5, 5.41) is 15.2. The Morgan fingerprint density at radius 1 is 1.55 bits per heavy atom. The zero-order chi connectivity index (χ0) is 8.27. The zero-order valence-corrected chi connectivity index (χ0v) is 5.41. The molecule has 0 aromatic carbocycles. The molecular weight excluding hydrogens is 154 g/mol. The Kier molecular flexibility index (Phi) is 2.43. The van der Waals surface area contributed by atoms with Crippen LogP contribution in [0.1, 0.15) is 11.8 Å². The molecule has 5 heteroatoms. The molecular formula is C6H5F2N2O. The molecule has 0 saturated heterocycles. The van der Waals surface area contributed by atoms with Crippen molar-refractivity contribution >= 4 is 0 Å². The van der Waals surface area contributed by atoms with E-state index in [2.05, 4.69) is 16.4 Å². The number of halogens is 2. The fourth-order valence-electron chi connectivity index (χ4n) is 0.563. The molecule has 1 aromatic heterocycles. The standard InChI is InChI=1S/C6H5F2N2O/c7-6(8)5(11)4-2-1-3-9-10-4/h1-2,5-6,11H. The summed E-state index contributed by atoms with van der Waals surface area (Å²) in [6, 6.07) is 2.55. The highest BCUT2D eigenvalue weighted by Crippen LogP contribution is 2.16. The van der Waals surface area contributed by atoms with Crippen molar-refractivity contribution in [3.05, 3.63) is 24.0 Å². The SMILES string of the molecule is OC(c1cc[c]nn1)C(F)F. The highest BCUT2D eigenvalue weighted by atomic mass is 19.3. The molecule has 0 amide bonds. The predicted octanol–water partition coefficient (Wildman–Crippen LogP) is 0.575. The van der Waals surface area contributed by atoms with Crippen molar-refractivity contribution < 1.29 is 13.9 Å². The van der Waals surface area contributed by atoms with Crippen molar-refractivity contribution in [2.24, 2.45) is 0 Å². The van der Waals surface area contributed by atoms with E-state index in [9.17, 15) is 8.78 Å². The summed E-state index contributed by atoms with van der Waals surface area (Å²) in [7, 11) is 0. The first-order chi connectivity index (χ1) is 5.22. The zero-order valence-electron chi connectivity index (χ0n) is 5.41. The van der Waals surface area contributed by atoms with Gasteiger partial charge in [0, 0.05) is 0 Å². The van der Waals surface area contributed by atoms with E-state index in [1.54, 1.807) is 0 Å². The van der Waals surface area contributed by atoms with Crippen LogP contribution >= 0.6 is 0 Å².